The minimum Gasteiger partial charge on any atom is -0.353 e. The Bertz CT molecular complexity index is 730. The van der Waals surface area contributed by atoms with E-state index < -0.39 is 17.5 Å². The number of carbonyl (C=O) groups excluding carboxylic acids is 1. The minimum absolute atomic E-state index is 0.0128. The topological polar surface area (TPSA) is 61.4 Å². The monoisotopic (exact) mass is 333 g/mol. The highest BCUT2D eigenvalue weighted by Gasteiger charge is 2.16. The first-order valence-corrected chi connectivity index (χ1v) is 7.56. The molecule has 1 saturated heterocycles. The molecule has 1 aromatic heterocycles. The van der Waals surface area contributed by atoms with E-state index in [1.807, 2.05) is 0 Å². The molecule has 1 amide bonds. The molecule has 8 heteroatoms. The van der Waals surface area contributed by atoms with Crippen molar-refractivity contribution in [2.75, 3.05) is 43.4 Å². The highest BCUT2D eigenvalue weighted by molar-refractivity contribution is 6.03. The summed E-state index contributed by atoms with van der Waals surface area (Å²) in [6.07, 6.45) is 0. The van der Waals surface area contributed by atoms with E-state index >= 15 is 0 Å². The van der Waals surface area contributed by atoms with Gasteiger partial charge >= 0.3 is 0 Å². The van der Waals surface area contributed by atoms with E-state index in [-0.39, 0.29) is 11.4 Å². The van der Waals surface area contributed by atoms with Crippen molar-refractivity contribution in [2.24, 2.45) is 0 Å². The molecular weight excluding hydrogens is 316 g/mol. The quantitative estimate of drug-likeness (QED) is 0.927. The van der Waals surface area contributed by atoms with Crippen LogP contribution in [0.2, 0.25) is 0 Å². The Balaban J connectivity index is 1.65. The van der Waals surface area contributed by atoms with Crippen LogP contribution in [0.4, 0.5) is 20.4 Å². The highest BCUT2D eigenvalue weighted by atomic mass is 19.2. The second-order valence-electron chi connectivity index (χ2n) is 5.65. The maximum Gasteiger partial charge on any atom is 0.256 e. The Morgan fingerprint density at radius 1 is 1.04 bits per heavy atom. The second-order valence-corrected chi connectivity index (χ2v) is 5.65. The predicted molar refractivity (Wildman–Crippen MR) is 86.1 cm³/mol. The van der Waals surface area contributed by atoms with Crippen molar-refractivity contribution in [1.82, 2.24) is 15.1 Å². The number of benzene rings is 1. The zero-order valence-electron chi connectivity index (χ0n) is 13.2. The lowest BCUT2D eigenvalue weighted by Gasteiger charge is -2.32. The summed E-state index contributed by atoms with van der Waals surface area (Å²) in [6.45, 7) is 3.64. The molecule has 0 spiro atoms. The summed E-state index contributed by atoms with van der Waals surface area (Å²) in [4.78, 5) is 16.4. The number of anilines is 2. The summed E-state index contributed by atoms with van der Waals surface area (Å²) in [6, 6.07) is 6.38. The lowest BCUT2D eigenvalue weighted by molar-refractivity contribution is 0.102. The molecule has 0 aliphatic carbocycles. The van der Waals surface area contributed by atoms with E-state index in [9.17, 15) is 13.6 Å². The van der Waals surface area contributed by atoms with Crippen molar-refractivity contribution >= 4 is 17.5 Å². The van der Waals surface area contributed by atoms with Gasteiger partial charge in [-0.3, -0.25) is 4.79 Å². The van der Waals surface area contributed by atoms with Gasteiger partial charge in [0, 0.05) is 31.7 Å². The molecule has 0 bridgehead atoms. The van der Waals surface area contributed by atoms with E-state index in [2.05, 4.69) is 32.4 Å². The van der Waals surface area contributed by atoms with E-state index in [1.54, 1.807) is 12.1 Å². The van der Waals surface area contributed by atoms with Crippen LogP contribution in [0.3, 0.4) is 0 Å². The largest absolute Gasteiger partial charge is 0.353 e. The normalized spacial score (nSPS) is 15.4. The van der Waals surface area contributed by atoms with Crippen molar-refractivity contribution in [3.8, 4) is 0 Å². The van der Waals surface area contributed by atoms with Crippen LogP contribution in [-0.2, 0) is 0 Å². The summed E-state index contributed by atoms with van der Waals surface area (Å²) in [7, 11) is 2.07. The molecule has 24 heavy (non-hydrogen) atoms. The first-order valence-electron chi connectivity index (χ1n) is 7.56. The van der Waals surface area contributed by atoms with Crippen LogP contribution >= 0.6 is 0 Å². The van der Waals surface area contributed by atoms with Crippen LogP contribution in [0.5, 0.6) is 0 Å². The Morgan fingerprint density at radius 3 is 2.42 bits per heavy atom. The second kappa shape index (κ2) is 6.88. The number of halogens is 2. The average Bonchev–Trinajstić information content (AvgIpc) is 2.59. The maximum absolute atomic E-state index is 13.2. The number of carbonyl (C=O) groups is 1. The summed E-state index contributed by atoms with van der Waals surface area (Å²) < 4.78 is 26.1. The molecular formula is C16H17F2N5O. The molecule has 1 aromatic carbocycles. The number of amides is 1. The van der Waals surface area contributed by atoms with Crippen LogP contribution in [0, 0.1) is 11.6 Å². The molecule has 2 heterocycles. The Hall–Kier alpha value is -2.61. The molecule has 6 nitrogen and oxygen atoms in total. The number of nitrogens with zero attached hydrogens (tertiary/aromatic N) is 4. The van der Waals surface area contributed by atoms with Gasteiger partial charge < -0.3 is 15.1 Å². The van der Waals surface area contributed by atoms with Crippen LogP contribution in [-0.4, -0.2) is 54.2 Å². The molecule has 1 N–H and O–H groups in total. The van der Waals surface area contributed by atoms with Gasteiger partial charge in [-0.15, -0.1) is 10.2 Å². The summed E-state index contributed by atoms with van der Waals surface area (Å²) in [5, 5.41) is 10.6. The van der Waals surface area contributed by atoms with Crippen molar-refractivity contribution in [2.45, 2.75) is 0 Å². The SMILES string of the molecule is CN1CCN(c2ccc(NC(=O)c3ccc(F)c(F)c3)nn2)CC1. The number of piperazine rings is 1. The minimum atomic E-state index is -1.07. The molecule has 1 aliphatic heterocycles. The molecule has 0 saturated carbocycles. The zero-order chi connectivity index (χ0) is 17.1. The first-order chi connectivity index (χ1) is 11.5. The van der Waals surface area contributed by atoms with Crippen molar-refractivity contribution in [3.05, 3.63) is 47.5 Å². The predicted octanol–water partition coefficient (Wildman–Crippen LogP) is 1.76. The zero-order valence-corrected chi connectivity index (χ0v) is 13.2. The number of hydrogen-bond acceptors (Lipinski definition) is 5. The number of likely N-dealkylation sites (N-methyl/N-ethyl adjacent to an activating group) is 1. The number of rotatable bonds is 3. The Morgan fingerprint density at radius 2 is 1.79 bits per heavy atom. The third kappa shape index (κ3) is 3.65. The van der Waals surface area contributed by atoms with Gasteiger partial charge in [0.05, 0.1) is 0 Å². The van der Waals surface area contributed by atoms with Gasteiger partial charge in [-0.25, -0.2) is 8.78 Å². The van der Waals surface area contributed by atoms with Crippen LogP contribution in [0.1, 0.15) is 10.4 Å². The molecule has 1 fully saturated rings. The average molecular weight is 333 g/mol. The highest BCUT2D eigenvalue weighted by Crippen LogP contribution is 2.15. The summed E-state index contributed by atoms with van der Waals surface area (Å²) in [5.74, 6) is -1.64. The molecule has 0 radical (unpaired) electrons. The fourth-order valence-electron chi connectivity index (χ4n) is 2.42. The van der Waals surface area contributed by atoms with E-state index in [4.69, 9.17) is 0 Å². The van der Waals surface area contributed by atoms with Crippen molar-refractivity contribution in [1.29, 1.82) is 0 Å². The molecule has 3 rings (SSSR count). The smallest absolute Gasteiger partial charge is 0.256 e. The van der Waals surface area contributed by atoms with Gasteiger partial charge in [0.2, 0.25) is 0 Å². The van der Waals surface area contributed by atoms with E-state index in [1.165, 1.54) is 6.07 Å². The fourth-order valence-corrected chi connectivity index (χ4v) is 2.42. The summed E-state index contributed by atoms with van der Waals surface area (Å²) in [5.41, 5.74) is 0.0128. The van der Waals surface area contributed by atoms with Gasteiger partial charge in [0.15, 0.2) is 23.3 Å². The third-order valence-electron chi connectivity index (χ3n) is 3.90. The number of hydrogen-bond donors (Lipinski definition) is 1. The van der Waals surface area contributed by atoms with E-state index in [0.717, 1.165) is 44.1 Å². The molecule has 0 unspecified atom stereocenters. The first kappa shape index (κ1) is 16.3. The van der Waals surface area contributed by atoms with Gasteiger partial charge in [0.25, 0.3) is 5.91 Å². The lowest BCUT2D eigenvalue weighted by atomic mass is 10.2. The van der Waals surface area contributed by atoms with Crippen molar-refractivity contribution < 1.29 is 13.6 Å². The van der Waals surface area contributed by atoms with Crippen molar-refractivity contribution in [3.63, 3.8) is 0 Å². The maximum atomic E-state index is 13.2. The number of nitrogens with one attached hydrogen (secondary N) is 1. The van der Waals surface area contributed by atoms with Gasteiger partial charge in [-0.2, -0.15) is 0 Å². The fraction of sp³-hybridized carbons (Fsp3) is 0.312. The Kier molecular flexibility index (Phi) is 4.66. The third-order valence-corrected chi connectivity index (χ3v) is 3.90. The summed E-state index contributed by atoms with van der Waals surface area (Å²) >= 11 is 0. The van der Waals surface area contributed by atoms with E-state index in [0.29, 0.717) is 0 Å². The van der Waals surface area contributed by atoms with Gasteiger partial charge in [-0.05, 0) is 37.4 Å². The molecule has 2 aromatic rings. The van der Waals surface area contributed by atoms with Gasteiger partial charge in [0.1, 0.15) is 0 Å². The lowest BCUT2D eigenvalue weighted by Crippen LogP contribution is -2.44. The van der Waals surface area contributed by atoms with Crippen LogP contribution in [0.15, 0.2) is 30.3 Å². The Labute approximate surface area is 138 Å². The molecule has 126 valence electrons. The standard InChI is InChI=1S/C16H17F2N5O/c1-22-6-8-23(9-7-22)15-5-4-14(20-21-15)19-16(24)11-2-3-12(17)13(18)10-11/h2-5,10H,6-9H2,1H3,(H,19,20,24). The van der Waals surface area contributed by atoms with Crippen LogP contribution < -0.4 is 10.2 Å². The molecule has 0 atom stereocenters. The number of aromatic nitrogens is 2. The van der Waals surface area contributed by atoms with Crippen LogP contribution in [0.25, 0.3) is 0 Å². The van der Waals surface area contributed by atoms with Gasteiger partial charge in [-0.1, -0.05) is 0 Å². The molecule has 1 aliphatic rings.